The van der Waals surface area contributed by atoms with Crippen molar-refractivity contribution in [2.75, 3.05) is 0 Å². The molecule has 2 heterocycles. The van der Waals surface area contributed by atoms with Crippen LogP contribution in [0.15, 0.2) is 30.3 Å². The summed E-state index contributed by atoms with van der Waals surface area (Å²) in [6.07, 6.45) is 2.30. The minimum absolute atomic E-state index is 0.00109. The average molecular weight is 295 g/mol. The van der Waals surface area contributed by atoms with E-state index in [0.717, 1.165) is 35.6 Å². The number of rotatable bonds is 4. The third-order valence-electron chi connectivity index (χ3n) is 3.95. The first-order valence-corrected chi connectivity index (χ1v) is 7.72. The molecule has 4 nitrogen and oxygen atoms in total. The Bertz CT molecular complexity index is 687. The molecule has 0 saturated heterocycles. The van der Waals surface area contributed by atoms with Gasteiger partial charge in [0.1, 0.15) is 0 Å². The Labute approximate surface area is 131 Å². The van der Waals surface area contributed by atoms with E-state index in [2.05, 4.69) is 15.3 Å². The first-order valence-electron chi connectivity index (χ1n) is 7.72. The average Bonchev–Trinajstić information content (AvgIpc) is 3.28. The van der Waals surface area contributed by atoms with Gasteiger partial charge in [-0.3, -0.25) is 14.8 Å². The fourth-order valence-electron chi connectivity index (χ4n) is 2.79. The highest BCUT2D eigenvalue weighted by molar-refractivity contribution is 5.94. The van der Waals surface area contributed by atoms with Crippen molar-refractivity contribution in [3.05, 3.63) is 58.7 Å². The fourth-order valence-corrected chi connectivity index (χ4v) is 2.79. The summed E-state index contributed by atoms with van der Waals surface area (Å²) >= 11 is 0. The summed E-state index contributed by atoms with van der Waals surface area (Å²) in [6, 6.07) is 9.64. The maximum absolute atomic E-state index is 12.6. The summed E-state index contributed by atoms with van der Waals surface area (Å²) in [5.74, 6) is 0.455. The Morgan fingerprint density at radius 3 is 2.36 bits per heavy atom. The molecule has 0 bridgehead atoms. The third-order valence-corrected chi connectivity index (χ3v) is 3.95. The molecule has 4 heteroatoms. The van der Waals surface area contributed by atoms with Crippen LogP contribution in [0.1, 0.15) is 52.0 Å². The zero-order chi connectivity index (χ0) is 15.7. The monoisotopic (exact) mass is 295 g/mol. The molecule has 0 unspecified atom stereocenters. The second kappa shape index (κ2) is 5.87. The highest BCUT2D eigenvalue weighted by Crippen LogP contribution is 2.40. The van der Waals surface area contributed by atoms with Crippen LogP contribution in [0, 0.1) is 26.7 Å². The zero-order valence-electron chi connectivity index (χ0n) is 13.3. The van der Waals surface area contributed by atoms with Crippen LogP contribution in [0.3, 0.4) is 0 Å². The number of amides is 1. The molecule has 2 aromatic heterocycles. The van der Waals surface area contributed by atoms with Gasteiger partial charge in [-0.1, -0.05) is 6.07 Å². The summed E-state index contributed by atoms with van der Waals surface area (Å²) in [5.41, 5.74) is 4.33. The largest absolute Gasteiger partial charge is 0.343 e. The molecule has 1 amide bonds. The molecule has 114 valence electrons. The second-order valence-corrected chi connectivity index (χ2v) is 6.13. The Balaban J connectivity index is 1.83. The van der Waals surface area contributed by atoms with Crippen molar-refractivity contribution in [3.63, 3.8) is 0 Å². The van der Waals surface area contributed by atoms with Crippen LogP contribution in [-0.4, -0.2) is 15.9 Å². The highest BCUT2D eigenvalue weighted by Gasteiger charge is 2.34. The van der Waals surface area contributed by atoms with Crippen LogP contribution in [0.4, 0.5) is 0 Å². The van der Waals surface area contributed by atoms with Crippen LogP contribution < -0.4 is 5.32 Å². The maximum atomic E-state index is 12.6. The number of nitrogens with zero attached hydrogens (tertiary/aromatic N) is 2. The third kappa shape index (κ3) is 3.32. The first-order chi connectivity index (χ1) is 10.5. The lowest BCUT2D eigenvalue weighted by atomic mass is 10.1. The topological polar surface area (TPSA) is 54.9 Å². The highest BCUT2D eigenvalue weighted by atomic mass is 16.1. The zero-order valence-corrected chi connectivity index (χ0v) is 13.3. The molecular weight excluding hydrogens is 274 g/mol. The molecule has 1 aliphatic rings. The molecule has 1 fully saturated rings. The van der Waals surface area contributed by atoms with Crippen LogP contribution in [0.5, 0.6) is 0 Å². The van der Waals surface area contributed by atoms with E-state index in [-0.39, 0.29) is 11.9 Å². The molecule has 2 aromatic rings. The van der Waals surface area contributed by atoms with Crippen molar-refractivity contribution in [2.45, 2.75) is 39.7 Å². The van der Waals surface area contributed by atoms with Crippen molar-refractivity contribution in [3.8, 4) is 0 Å². The van der Waals surface area contributed by atoms with E-state index in [4.69, 9.17) is 0 Å². The number of aryl methyl sites for hydroxylation is 3. The summed E-state index contributed by atoms with van der Waals surface area (Å²) < 4.78 is 0. The van der Waals surface area contributed by atoms with Crippen LogP contribution in [0.25, 0.3) is 0 Å². The minimum Gasteiger partial charge on any atom is -0.343 e. The predicted octanol–water partition coefficient (Wildman–Crippen LogP) is 3.28. The van der Waals surface area contributed by atoms with Gasteiger partial charge in [0.25, 0.3) is 5.91 Å². The van der Waals surface area contributed by atoms with Crippen molar-refractivity contribution < 1.29 is 4.79 Å². The number of hydrogen-bond donors (Lipinski definition) is 1. The lowest BCUT2D eigenvalue weighted by Gasteiger charge is -2.18. The summed E-state index contributed by atoms with van der Waals surface area (Å²) in [4.78, 5) is 21.5. The number of aromatic nitrogens is 2. The van der Waals surface area contributed by atoms with Crippen molar-refractivity contribution >= 4 is 5.91 Å². The van der Waals surface area contributed by atoms with E-state index in [9.17, 15) is 4.79 Å². The van der Waals surface area contributed by atoms with Crippen molar-refractivity contribution in [2.24, 2.45) is 5.92 Å². The molecular formula is C18H21N3O. The summed E-state index contributed by atoms with van der Waals surface area (Å²) in [5, 5.41) is 3.16. The first kappa shape index (κ1) is 14.7. The standard InChI is InChI=1S/C18H21N3O/c1-11-5-4-6-16(20-11)17(14-7-8-14)21-18(22)15-9-12(2)19-13(3)10-15/h4-6,9-10,14,17H,7-8H2,1-3H3,(H,21,22)/t17-/m1/s1. The fraction of sp³-hybridized carbons (Fsp3) is 0.389. The number of carbonyl (C=O) groups excluding carboxylic acids is 1. The summed E-state index contributed by atoms with van der Waals surface area (Å²) in [6.45, 7) is 5.79. The van der Waals surface area contributed by atoms with E-state index in [1.165, 1.54) is 0 Å². The van der Waals surface area contributed by atoms with Gasteiger partial charge >= 0.3 is 0 Å². The Hall–Kier alpha value is -2.23. The molecule has 3 rings (SSSR count). The molecule has 1 N–H and O–H groups in total. The van der Waals surface area contributed by atoms with Crippen molar-refractivity contribution in [1.82, 2.24) is 15.3 Å². The molecule has 1 saturated carbocycles. The van der Waals surface area contributed by atoms with Crippen molar-refractivity contribution in [1.29, 1.82) is 0 Å². The molecule has 0 aromatic carbocycles. The minimum atomic E-state index is -0.0474. The van der Waals surface area contributed by atoms with Gasteiger partial charge < -0.3 is 5.32 Å². The Morgan fingerprint density at radius 1 is 1.09 bits per heavy atom. The van der Waals surface area contributed by atoms with Gasteiger partial charge in [0, 0.05) is 22.6 Å². The van der Waals surface area contributed by atoms with Gasteiger partial charge in [-0.25, -0.2) is 0 Å². The van der Waals surface area contributed by atoms with Gasteiger partial charge in [0.2, 0.25) is 0 Å². The van der Waals surface area contributed by atoms with E-state index < -0.39 is 0 Å². The molecule has 1 aliphatic carbocycles. The normalized spacial score (nSPS) is 15.4. The lowest BCUT2D eigenvalue weighted by molar-refractivity contribution is 0.0930. The quantitative estimate of drug-likeness (QED) is 0.941. The molecule has 22 heavy (non-hydrogen) atoms. The molecule has 1 atom stereocenters. The smallest absolute Gasteiger partial charge is 0.251 e. The van der Waals surface area contributed by atoms with Crippen LogP contribution >= 0.6 is 0 Å². The summed E-state index contributed by atoms with van der Waals surface area (Å²) in [7, 11) is 0. The number of carbonyl (C=O) groups is 1. The van der Waals surface area contributed by atoms with Crippen LogP contribution in [-0.2, 0) is 0 Å². The second-order valence-electron chi connectivity index (χ2n) is 6.13. The maximum Gasteiger partial charge on any atom is 0.251 e. The van der Waals surface area contributed by atoms with Gasteiger partial charge in [-0.2, -0.15) is 0 Å². The predicted molar refractivity (Wildman–Crippen MR) is 85.6 cm³/mol. The van der Waals surface area contributed by atoms with E-state index in [0.29, 0.717) is 11.5 Å². The van der Waals surface area contributed by atoms with E-state index in [1.54, 1.807) is 0 Å². The van der Waals surface area contributed by atoms with E-state index in [1.807, 2.05) is 51.1 Å². The SMILES string of the molecule is Cc1cc(C(=O)N[C@@H](c2cccc(C)n2)C2CC2)cc(C)n1. The Morgan fingerprint density at radius 2 is 1.77 bits per heavy atom. The number of pyridine rings is 2. The van der Waals surface area contributed by atoms with Gasteiger partial charge in [0.05, 0.1) is 11.7 Å². The lowest BCUT2D eigenvalue weighted by Crippen LogP contribution is -2.30. The van der Waals surface area contributed by atoms with Gasteiger partial charge in [0.15, 0.2) is 0 Å². The molecule has 0 spiro atoms. The van der Waals surface area contributed by atoms with Crippen LogP contribution in [0.2, 0.25) is 0 Å². The van der Waals surface area contributed by atoms with Gasteiger partial charge in [-0.05, 0) is 63.8 Å². The van der Waals surface area contributed by atoms with E-state index >= 15 is 0 Å². The molecule has 0 aliphatic heterocycles. The Kier molecular flexibility index (Phi) is 3.92. The van der Waals surface area contributed by atoms with Gasteiger partial charge in [-0.15, -0.1) is 0 Å². The number of hydrogen-bond acceptors (Lipinski definition) is 3. The number of nitrogens with one attached hydrogen (secondary N) is 1. The molecule has 0 radical (unpaired) electrons.